The predicted octanol–water partition coefficient (Wildman–Crippen LogP) is 4.69. The minimum Gasteiger partial charge on any atom is -0.507 e. The lowest BCUT2D eigenvalue weighted by molar-refractivity contribution is 0.475. The Balaban J connectivity index is 2.19. The van der Waals surface area contributed by atoms with Crippen LogP contribution in [0.15, 0.2) is 71.7 Å². The fraction of sp³-hybridized carbons (Fsp3) is 0.0556. The Kier molecular flexibility index (Phi) is 3.21. The van der Waals surface area contributed by atoms with Gasteiger partial charge in [-0.25, -0.2) is 0 Å². The second kappa shape index (κ2) is 5.17. The van der Waals surface area contributed by atoms with Crippen molar-refractivity contribution in [3.05, 3.63) is 72.3 Å². The van der Waals surface area contributed by atoms with Crippen LogP contribution in [0.25, 0.3) is 10.8 Å². The quantitative estimate of drug-likeness (QED) is 0.667. The highest BCUT2D eigenvalue weighted by molar-refractivity contribution is 6.12. The van der Waals surface area contributed by atoms with Gasteiger partial charge in [-0.15, -0.1) is 0 Å². The van der Waals surface area contributed by atoms with E-state index in [-0.39, 0.29) is 5.75 Å². The summed E-state index contributed by atoms with van der Waals surface area (Å²) < 4.78 is 0. The number of hydrogen-bond acceptors (Lipinski definition) is 2. The van der Waals surface area contributed by atoms with E-state index in [0.717, 1.165) is 27.7 Å². The number of aliphatic imine (C=N–C) groups is 1. The Morgan fingerprint density at radius 2 is 1.55 bits per heavy atom. The van der Waals surface area contributed by atoms with Gasteiger partial charge in [0, 0.05) is 11.3 Å². The van der Waals surface area contributed by atoms with Gasteiger partial charge in [0.1, 0.15) is 5.75 Å². The van der Waals surface area contributed by atoms with Crippen molar-refractivity contribution in [3.8, 4) is 5.75 Å². The zero-order valence-electron chi connectivity index (χ0n) is 11.2. The molecule has 0 spiro atoms. The van der Waals surface area contributed by atoms with E-state index >= 15 is 0 Å². The van der Waals surface area contributed by atoms with Gasteiger partial charge in [0.2, 0.25) is 0 Å². The molecule has 3 aromatic carbocycles. The van der Waals surface area contributed by atoms with E-state index in [1.54, 1.807) is 6.07 Å². The third-order valence-electron chi connectivity index (χ3n) is 3.32. The average Bonchev–Trinajstić information content (AvgIpc) is 2.48. The summed E-state index contributed by atoms with van der Waals surface area (Å²) in [6.07, 6.45) is 0. The Morgan fingerprint density at radius 1 is 0.850 bits per heavy atom. The summed E-state index contributed by atoms with van der Waals surface area (Å²) in [4.78, 5) is 4.60. The molecule has 0 aliphatic carbocycles. The molecule has 0 bridgehead atoms. The fourth-order valence-electron chi connectivity index (χ4n) is 2.39. The number of benzene rings is 3. The van der Waals surface area contributed by atoms with Crippen LogP contribution in [0.3, 0.4) is 0 Å². The number of nitrogens with zero attached hydrogens (tertiary/aromatic N) is 1. The standard InChI is InChI=1S/C18H15NO/c1-13(19-15-8-3-2-4-9-15)18-16-10-6-5-7-14(16)11-12-17(18)20/h2-12,20H,1H3. The summed E-state index contributed by atoms with van der Waals surface area (Å²) in [6, 6.07) is 21.4. The summed E-state index contributed by atoms with van der Waals surface area (Å²) in [5.74, 6) is 0.265. The third kappa shape index (κ3) is 2.28. The van der Waals surface area contributed by atoms with Gasteiger partial charge < -0.3 is 5.11 Å². The summed E-state index contributed by atoms with van der Waals surface area (Å²) >= 11 is 0. The molecule has 2 heteroatoms. The van der Waals surface area contributed by atoms with Crippen molar-refractivity contribution < 1.29 is 5.11 Å². The highest BCUT2D eigenvalue weighted by Gasteiger charge is 2.09. The van der Waals surface area contributed by atoms with Crippen molar-refractivity contribution in [2.24, 2.45) is 4.99 Å². The molecule has 0 radical (unpaired) electrons. The smallest absolute Gasteiger partial charge is 0.125 e. The first kappa shape index (κ1) is 12.4. The van der Waals surface area contributed by atoms with Gasteiger partial charge >= 0.3 is 0 Å². The number of phenols is 1. The van der Waals surface area contributed by atoms with E-state index in [1.165, 1.54) is 0 Å². The molecule has 0 saturated heterocycles. The SMILES string of the molecule is CC(=Nc1ccccc1)c1c(O)ccc2ccccc12. The molecular formula is C18H15NO. The lowest BCUT2D eigenvalue weighted by Crippen LogP contribution is -1.96. The molecule has 0 fully saturated rings. The van der Waals surface area contributed by atoms with E-state index in [4.69, 9.17) is 0 Å². The third-order valence-corrected chi connectivity index (χ3v) is 3.32. The summed E-state index contributed by atoms with van der Waals surface area (Å²) in [5.41, 5.74) is 2.50. The van der Waals surface area contributed by atoms with Crippen LogP contribution in [-0.4, -0.2) is 10.8 Å². The maximum absolute atomic E-state index is 10.2. The Bertz CT molecular complexity index is 776. The molecule has 20 heavy (non-hydrogen) atoms. The lowest BCUT2D eigenvalue weighted by atomic mass is 10.0. The number of hydrogen-bond donors (Lipinski definition) is 1. The maximum Gasteiger partial charge on any atom is 0.125 e. The van der Waals surface area contributed by atoms with Crippen LogP contribution in [0.1, 0.15) is 12.5 Å². The van der Waals surface area contributed by atoms with Gasteiger partial charge in [-0.1, -0.05) is 48.5 Å². The summed E-state index contributed by atoms with van der Waals surface area (Å²) in [7, 11) is 0. The lowest BCUT2D eigenvalue weighted by Gasteiger charge is -2.09. The molecule has 2 nitrogen and oxygen atoms in total. The van der Waals surface area contributed by atoms with E-state index < -0.39 is 0 Å². The largest absolute Gasteiger partial charge is 0.507 e. The zero-order valence-corrected chi connectivity index (χ0v) is 11.2. The molecule has 98 valence electrons. The molecule has 0 aromatic heterocycles. The van der Waals surface area contributed by atoms with Gasteiger partial charge in [0.15, 0.2) is 0 Å². The number of rotatable bonds is 2. The van der Waals surface area contributed by atoms with Crippen LogP contribution in [-0.2, 0) is 0 Å². The maximum atomic E-state index is 10.2. The Labute approximate surface area is 118 Å². The second-order valence-corrected chi connectivity index (χ2v) is 4.71. The van der Waals surface area contributed by atoms with Crippen LogP contribution in [0.2, 0.25) is 0 Å². The molecule has 0 aliphatic heterocycles. The predicted molar refractivity (Wildman–Crippen MR) is 83.9 cm³/mol. The van der Waals surface area contributed by atoms with Crippen molar-refractivity contribution in [1.82, 2.24) is 0 Å². The van der Waals surface area contributed by atoms with Crippen molar-refractivity contribution in [2.45, 2.75) is 6.92 Å². The molecule has 0 aliphatic rings. The molecule has 3 aromatic rings. The Morgan fingerprint density at radius 3 is 2.35 bits per heavy atom. The van der Waals surface area contributed by atoms with Crippen LogP contribution in [0.4, 0.5) is 5.69 Å². The van der Waals surface area contributed by atoms with Crippen LogP contribution < -0.4 is 0 Å². The van der Waals surface area contributed by atoms with Gasteiger partial charge in [-0.2, -0.15) is 0 Å². The topological polar surface area (TPSA) is 32.6 Å². The molecule has 0 saturated carbocycles. The monoisotopic (exact) mass is 261 g/mol. The first-order chi connectivity index (χ1) is 9.75. The number of para-hydroxylation sites is 1. The second-order valence-electron chi connectivity index (χ2n) is 4.71. The van der Waals surface area contributed by atoms with E-state index in [9.17, 15) is 5.11 Å². The highest BCUT2D eigenvalue weighted by atomic mass is 16.3. The first-order valence-electron chi connectivity index (χ1n) is 6.57. The normalized spacial score (nSPS) is 11.8. The van der Waals surface area contributed by atoms with Crippen molar-refractivity contribution in [3.63, 3.8) is 0 Å². The zero-order chi connectivity index (χ0) is 13.9. The van der Waals surface area contributed by atoms with Crippen molar-refractivity contribution in [1.29, 1.82) is 0 Å². The van der Waals surface area contributed by atoms with Crippen molar-refractivity contribution >= 4 is 22.2 Å². The molecule has 0 atom stereocenters. The Hall–Kier alpha value is -2.61. The van der Waals surface area contributed by atoms with Crippen LogP contribution >= 0.6 is 0 Å². The van der Waals surface area contributed by atoms with Gasteiger partial charge in [-0.3, -0.25) is 4.99 Å². The van der Waals surface area contributed by atoms with Crippen molar-refractivity contribution in [2.75, 3.05) is 0 Å². The molecule has 1 N–H and O–H groups in total. The number of fused-ring (bicyclic) bond motifs is 1. The molecular weight excluding hydrogens is 246 g/mol. The van der Waals surface area contributed by atoms with E-state index in [1.807, 2.05) is 67.6 Å². The van der Waals surface area contributed by atoms with E-state index in [0.29, 0.717) is 0 Å². The summed E-state index contributed by atoms with van der Waals surface area (Å²) in [5, 5.41) is 12.3. The minimum atomic E-state index is 0.265. The number of aromatic hydroxyl groups is 1. The summed E-state index contributed by atoms with van der Waals surface area (Å²) in [6.45, 7) is 1.93. The van der Waals surface area contributed by atoms with Gasteiger partial charge in [-0.05, 0) is 35.9 Å². The molecule has 0 amide bonds. The van der Waals surface area contributed by atoms with Gasteiger partial charge in [0.05, 0.1) is 5.69 Å². The average molecular weight is 261 g/mol. The molecule has 0 heterocycles. The molecule has 0 unspecified atom stereocenters. The molecule has 3 rings (SSSR count). The minimum absolute atomic E-state index is 0.265. The van der Waals surface area contributed by atoms with E-state index in [2.05, 4.69) is 4.99 Å². The highest BCUT2D eigenvalue weighted by Crippen LogP contribution is 2.28. The van der Waals surface area contributed by atoms with Crippen LogP contribution in [0.5, 0.6) is 5.75 Å². The van der Waals surface area contributed by atoms with Gasteiger partial charge in [0.25, 0.3) is 0 Å². The first-order valence-corrected chi connectivity index (χ1v) is 6.57. The fourth-order valence-corrected chi connectivity index (χ4v) is 2.39. The number of phenolic OH excluding ortho intramolecular Hbond substituents is 1. The van der Waals surface area contributed by atoms with Crippen LogP contribution in [0, 0.1) is 0 Å².